The lowest BCUT2D eigenvalue weighted by Crippen LogP contribution is -2.07. The van der Waals surface area contributed by atoms with Crippen molar-refractivity contribution in [1.82, 2.24) is 4.98 Å². The normalized spacial score (nSPS) is 13.2. The molecule has 0 saturated carbocycles. The first-order chi connectivity index (χ1) is 9.77. The van der Waals surface area contributed by atoms with Crippen LogP contribution in [0.15, 0.2) is 36.5 Å². The summed E-state index contributed by atoms with van der Waals surface area (Å²) < 4.78 is 63.8. The van der Waals surface area contributed by atoms with Crippen molar-refractivity contribution in [3.8, 4) is 0 Å². The number of rotatable bonds is 3. The summed E-state index contributed by atoms with van der Waals surface area (Å²) >= 11 is 0. The van der Waals surface area contributed by atoms with Gasteiger partial charge in [-0.3, -0.25) is 0 Å². The summed E-state index contributed by atoms with van der Waals surface area (Å²) in [5, 5.41) is 0. The van der Waals surface area contributed by atoms with Crippen LogP contribution in [0, 0.1) is 11.8 Å². The summed E-state index contributed by atoms with van der Waals surface area (Å²) in [6, 6.07) is 5.19. The highest BCUT2D eigenvalue weighted by molar-refractivity contribution is 5.28. The lowest BCUT2D eigenvalue weighted by molar-refractivity contribution is -0.137. The third-order valence-corrected chi connectivity index (χ3v) is 3.23. The fourth-order valence-electron chi connectivity index (χ4n) is 2.02. The van der Waals surface area contributed by atoms with Gasteiger partial charge in [-0.05, 0) is 41.7 Å². The summed E-state index contributed by atoms with van der Waals surface area (Å²) in [5.41, 5.74) is -0.143. The predicted octanol–water partition coefficient (Wildman–Crippen LogP) is 4.72. The standard InChI is InChI=1S/C15H12F5N/c1-9(11-3-5-14(17)21-8-11)6-10-2-4-12(7-13(10)16)15(18,19)20/h2-5,7-9H,6H2,1H3. The molecule has 2 rings (SSSR count). The van der Waals surface area contributed by atoms with E-state index < -0.39 is 23.5 Å². The minimum absolute atomic E-state index is 0.180. The molecule has 0 amide bonds. The van der Waals surface area contributed by atoms with Gasteiger partial charge in [-0.25, -0.2) is 9.37 Å². The molecule has 0 aliphatic rings. The van der Waals surface area contributed by atoms with Crippen molar-refractivity contribution in [2.75, 3.05) is 0 Å². The second-order valence-corrected chi connectivity index (χ2v) is 4.82. The zero-order valence-corrected chi connectivity index (χ0v) is 11.1. The van der Waals surface area contributed by atoms with Gasteiger partial charge in [0.2, 0.25) is 5.95 Å². The highest BCUT2D eigenvalue weighted by Gasteiger charge is 2.31. The van der Waals surface area contributed by atoms with Crippen LogP contribution in [0.25, 0.3) is 0 Å². The van der Waals surface area contributed by atoms with Crippen molar-refractivity contribution < 1.29 is 22.0 Å². The van der Waals surface area contributed by atoms with Gasteiger partial charge in [0.15, 0.2) is 0 Å². The van der Waals surface area contributed by atoms with Crippen LogP contribution in [0.2, 0.25) is 0 Å². The lowest BCUT2D eigenvalue weighted by atomic mass is 9.94. The molecule has 0 radical (unpaired) electrons. The van der Waals surface area contributed by atoms with E-state index in [4.69, 9.17) is 0 Å². The fourth-order valence-corrected chi connectivity index (χ4v) is 2.02. The van der Waals surface area contributed by atoms with E-state index in [0.717, 1.165) is 12.1 Å². The second kappa shape index (κ2) is 5.79. The molecular formula is C15H12F5N. The minimum Gasteiger partial charge on any atom is -0.228 e. The summed E-state index contributed by atoms with van der Waals surface area (Å²) in [5.74, 6) is -1.71. The topological polar surface area (TPSA) is 12.9 Å². The third-order valence-electron chi connectivity index (χ3n) is 3.23. The molecule has 1 heterocycles. The Hall–Kier alpha value is -1.98. The van der Waals surface area contributed by atoms with Crippen LogP contribution in [0.5, 0.6) is 0 Å². The highest BCUT2D eigenvalue weighted by Crippen LogP contribution is 2.31. The number of aromatic nitrogens is 1. The number of alkyl halides is 3. The molecule has 112 valence electrons. The van der Waals surface area contributed by atoms with Gasteiger partial charge < -0.3 is 0 Å². The van der Waals surface area contributed by atoms with Gasteiger partial charge in [-0.1, -0.05) is 19.1 Å². The molecule has 0 spiro atoms. The Balaban J connectivity index is 2.18. The van der Waals surface area contributed by atoms with Gasteiger partial charge in [0.25, 0.3) is 0 Å². The van der Waals surface area contributed by atoms with Crippen LogP contribution < -0.4 is 0 Å². The number of benzene rings is 1. The quantitative estimate of drug-likeness (QED) is 0.590. The Morgan fingerprint density at radius 3 is 2.33 bits per heavy atom. The maximum absolute atomic E-state index is 13.7. The number of hydrogen-bond donors (Lipinski definition) is 0. The summed E-state index contributed by atoms with van der Waals surface area (Å²) in [4.78, 5) is 3.50. The van der Waals surface area contributed by atoms with E-state index in [-0.39, 0.29) is 17.9 Å². The highest BCUT2D eigenvalue weighted by atomic mass is 19.4. The van der Waals surface area contributed by atoms with Gasteiger partial charge >= 0.3 is 6.18 Å². The molecule has 0 fully saturated rings. The lowest BCUT2D eigenvalue weighted by Gasteiger charge is -2.13. The molecule has 2 aromatic rings. The first-order valence-corrected chi connectivity index (χ1v) is 6.24. The molecule has 21 heavy (non-hydrogen) atoms. The van der Waals surface area contributed by atoms with Gasteiger partial charge in [-0.15, -0.1) is 0 Å². The maximum atomic E-state index is 13.7. The van der Waals surface area contributed by atoms with Crippen molar-refractivity contribution in [1.29, 1.82) is 0 Å². The Morgan fingerprint density at radius 2 is 1.81 bits per heavy atom. The minimum atomic E-state index is -4.56. The summed E-state index contributed by atoms with van der Waals surface area (Å²) in [6.45, 7) is 1.77. The van der Waals surface area contributed by atoms with Crippen LogP contribution in [0.3, 0.4) is 0 Å². The maximum Gasteiger partial charge on any atom is 0.416 e. The summed E-state index contributed by atoms with van der Waals surface area (Å²) in [6.07, 6.45) is -3.02. The number of halogens is 5. The average molecular weight is 301 g/mol. The molecule has 1 unspecified atom stereocenters. The monoisotopic (exact) mass is 301 g/mol. The Morgan fingerprint density at radius 1 is 1.10 bits per heavy atom. The number of hydrogen-bond acceptors (Lipinski definition) is 1. The third kappa shape index (κ3) is 3.77. The molecule has 0 saturated heterocycles. The molecule has 1 atom stereocenters. The second-order valence-electron chi connectivity index (χ2n) is 4.82. The van der Waals surface area contributed by atoms with E-state index in [1.807, 2.05) is 0 Å². The fraction of sp³-hybridized carbons (Fsp3) is 0.267. The number of pyridine rings is 1. The number of nitrogens with zero attached hydrogens (tertiary/aromatic N) is 1. The first kappa shape index (κ1) is 15.4. The van der Waals surface area contributed by atoms with Crippen molar-refractivity contribution >= 4 is 0 Å². The molecule has 0 aliphatic carbocycles. The Labute approximate surface area is 118 Å². The van der Waals surface area contributed by atoms with Crippen molar-refractivity contribution in [2.45, 2.75) is 25.4 Å². The molecule has 0 N–H and O–H groups in total. The van der Waals surface area contributed by atoms with Gasteiger partial charge in [0, 0.05) is 6.20 Å². The zero-order chi connectivity index (χ0) is 15.6. The molecular weight excluding hydrogens is 289 g/mol. The van der Waals surface area contributed by atoms with E-state index in [9.17, 15) is 22.0 Å². The van der Waals surface area contributed by atoms with Gasteiger partial charge in [0.1, 0.15) is 5.82 Å². The molecule has 0 aliphatic heterocycles. The average Bonchev–Trinajstić information content (AvgIpc) is 2.40. The largest absolute Gasteiger partial charge is 0.416 e. The van der Waals surface area contributed by atoms with Crippen LogP contribution in [-0.4, -0.2) is 4.98 Å². The molecule has 1 aromatic carbocycles. The van der Waals surface area contributed by atoms with E-state index in [1.54, 1.807) is 6.92 Å². The zero-order valence-electron chi connectivity index (χ0n) is 11.1. The van der Waals surface area contributed by atoms with Crippen LogP contribution in [0.1, 0.15) is 29.5 Å². The van der Waals surface area contributed by atoms with Crippen molar-refractivity contribution in [2.24, 2.45) is 0 Å². The predicted molar refractivity (Wildman–Crippen MR) is 67.7 cm³/mol. The SMILES string of the molecule is CC(Cc1ccc(C(F)(F)F)cc1F)c1ccc(F)nc1. The van der Waals surface area contributed by atoms with E-state index in [0.29, 0.717) is 11.6 Å². The Kier molecular flexibility index (Phi) is 4.25. The van der Waals surface area contributed by atoms with Crippen LogP contribution in [0.4, 0.5) is 22.0 Å². The van der Waals surface area contributed by atoms with Gasteiger partial charge in [-0.2, -0.15) is 17.6 Å². The van der Waals surface area contributed by atoms with Crippen molar-refractivity contribution in [3.05, 3.63) is 65.0 Å². The Bertz CT molecular complexity index is 619. The van der Waals surface area contributed by atoms with E-state index in [2.05, 4.69) is 4.98 Å². The van der Waals surface area contributed by atoms with E-state index >= 15 is 0 Å². The van der Waals surface area contributed by atoms with Crippen LogP contribution >= 0.6 is 0 Å². The molecule has 1 aromatic heterocycles. The first-order valence-electron chi connectivity index (χ1n) is 6.24. The summed E-state index contributed by atoms with van der Waals surface area (Å²) in [7, 11) is 0. The van der Waals surface area contributed by atoms with Crippen LogP contribution in [-0.2, 0) is 12.6 Å². The van der Waals surface area contributed by atoms with Gasteiger partial charge in [0.05, 0.1) is 5.56 Å². The molecule has 6 heteroatoms. The smallest absolute Gasteiger partial charge is 0.228 e. The molecule has 0 bridgehead atoms. The molecule has 1 nitrogen and oxygen atoms in total. The van der Waals surface area contributed by atoms with Crippen molar-refractivity contribution in [3.63, 3.8) is 0 Å². The van der Waals surface area contributed by atoms with E-state index in [1.165, 1.54) is 18.3 Å².